The van der Waals surface area contributed by atoms with Crippen LogP contribution in [0.25, 0.3) is 22.8 Å². The number of hydrogen-bond acceptors (Lipinski definition) is 5. The number of rotatable bonds is 2. The first-order valence-electron chi connectivity index (χ1n) is 6.23. The van der Waals surface area contributed by atoms with Crippen LogP contribution in [0.2, 0.25) is 0 Å². The minimum absolute atomic E-state index is 0.250. The predicted molar refractivity (Wildman–Crippen MR) is 75.9 cm³/mol. The van der Waals surface area contributed by atoms with Gasteiger partial charge in [-0.15, -0.1) is 0 Å². The molecule has 2 aromatic carbocycles. The molecule has 0 bridgehead atoms. The SMILES string of the molecule is Cc1cc(N)ccc1-c1nc(-c2ccc(O)c(F)c2)no1. The minimum atomic E-state index is -0.734. The molecule has 0 saturated heterocycles. The standard InChI is InChI=1S/C15H12FN3O2/c1-8-6-10(17)3-4-11(8)15-18-14(19-21-15)9-2-5-13(20)12(16)7-9/h2-7,20H,17H2,1H3. The van der Waals surface area contributed by atoms with Crippen molar-refractivity contribution in [2.75, 3.05) is 5.73 Å². The number of hydrogen-bond donors (Lipinski definition) is 2. The first-order chi connectivity index (χ1) is 10.0. The molecule has 1 aromatic heterocycles. The summed E-state index contributed by atoms with van der Waals surface area (Å²) >= 11 is 0. The Hall–Kier alpha value is -2.89. The lowest BCUT2D eigenvalue weighted by Gasteiger charge is -2.01. The van der Waals surface area contributed by atoms with Crippen LogP contribution in [0.1, 0.15) is 5.56 Å². The van der Waals surface area contributed by atoms with Gasteiger partial charge in [0.15, 0.2) is 11.6 Å². The zero-order chi connectivity index (χ0) is 15.0. The zero-order valence-electron chi connectivity index (χ0n) is 11.2. The molecule has 1 heterocycles. The number of aryl methyl sites for hydroxylation is 1. The van der Waals surface area contributed by atoms with Crippen LogP contribution < -0.4 is 5.73 Å². The van der Waals surface area contributed by atoms with Gasteiger partial charge in [0.25, 0.3) is 5.89 Å². The van der Waals surface area contributed by atoms with Gasteiger partial charge in [-0.3, -0.25) is 0 Å². The number of nitrogens with zero attached hydrogens (tertiary/aromatic N) is 2. The van der Waals surface area contributed by atoms with E-state index in [4.69, 9.17) is 10.3 Å². The van der Waals surface area contributed by atoms with Crippen LogP contribution in [0, 0.1) is 12.7 Å². The maximum atomic E-state index is 13.4. The highest BCUT2D eigenvalue weighted by Gasteiger charge is 2.14. The highest BCUT2D eigenvalue weighted by molar-refractivity contribution is 5.65. The summed E-state index contributed by atoms with van der Waals surface area (Å²) in [6.45, 7) is 1.88. The molecule has 0 unspecified atom stereocenters. The van der Waals surface area contributed by atoms with Gasteiger partial charge in [-0.05, 0) is 48.9 Å². The highest BCUT2D eigenvalue weighted by Crippen LogP contribution is 2.27. The lowest BCUT2D eigenvalue weighted by molar-refractivity contribution is 0.429. The largest absolute Gasteiger partial charge is 0.505 e. The van der Waals surface area contributed by atoms with E-state index in [1.807, 2.05) is 6.92 Å². The van der Waals surface area contributed by atoms with Crippen LogP contribution in [-0.2, 0) is 0 Å². The molecule has 6 heteroatoms. The molecule has 0 aliphatic heterocycles. The summed E-state index contributed by atoms with van der Waals surface area (Å²) in [4.78, 5) is 4.25. The van der Waals surface area contributed by atoms with E-state index in [-0.39, 0.29) is 5.82 Å². The maximum absolute atomic E-state index is 13.4. The molecule has 0 atom stereocenters. The van der Waals surface area contributed by atoms with E-state index < -0.39 is 11.6 Å². The van der Waals surface area contributed by atoms with Gasteiger partial charge in [0, 0.05) is 16.8 Å². The molecule has 0 aliphatic rings. The lowest BCUT2D eigenvalue weighted by atomic mass is 10.1. The molecule has 21 heavy (non-hydrogen) atoms. The molecule has 0 spiro atoms. The number of nitrogen functional groups attached to an aromatic ring is 1. The van der Waals surface area contributed by atoms with E-state index in [1.54, 1.807) is 18.2 Å². The summed E-state index contributed by atoms with van der Waals surface area (Å²) in [6, 6.07) is 9.25. The summed E-state index contributed by atoms with van der Waals surface area (Å²) in [5.74, 6) is -0.574. The van der Waals surface area contributed by atoms with Crippen molar-refractivity contribution in [2.45, 2.75) is 6.92 Å². The molecule has 0 fully saturated rings. The molecule has 0 saturated carbocycles. The fourth-order valence-corrected chi connectivity index (χ4v) is 2.02. The molecule has 106 valence electrons. The third kappa shape index (κ3) is 2.43. The van der Waals surface area contributed by atoms with Crippen molar-refractivity contribution in [3.05, 3.63) is 47.8 Å². The summed E-state index contributed by atoms with van der Waals surface area (Å²) in [6.07, 6.45) is 0. The monoisotopic (exact) mass is 285 g/mol. The number of aromatic nitrogens is 2. The van der Waals surface area contributed by atoms with E-state index in [0.717, 1.165) is 17.2 Å². The van der Waals surface area contributed by atoms with Crippen molar-refractivity contribution in [1.82, 2.24) is 10.1 Å². The lowest BCUT2D eigenvalue weighted by Crippen LogP contribution is -1.89. The van der Waals surface area contributed by atoms with Crippen molar-refractivity contribution in [1.29, 1.82) is 0 Å². The summed E-state index contributed by atoms with van der Waals surface area (Å²) < 4.78 is 18.6. The van der Waals surface area contributed by atoms with Crippen LogP contribution in [0.3, 0.4) is 0 Å². The van der Waals surface area contributed by atoms with Gasteiger partial charge in [0.05, 0.1) is 0 Å². The number of halogens is 1. The van der Waals surface area contributed by atoms with Gasteiger partial charge in [-0.2, -0.15) is 4.98 Å². The van der Waals surface area contributed by atoms with Crippen LogP contribution in [0.4, 0.5) is 10.1 Å². The van der Waals surface area contributed by atoms with Crippen LogP contribution in [0.5, 0.6) is 5.75 Å². The topological polar surface area (TPSA) is 85.2 Å². The van der Waals surface area contributed by atoms with Crippen molar-refractivity contribution in [2.24, 2.45) is 0 Å². The van der Waals surface area contributed by atoms with E-state index in [2.05, 4.69) is 10.1 Å². The fourth-order valence-electron chi connectivity index (χ4n) is 2.02. The van der Waals surface area contributed by atoms with Crippen molar-refractivity contribution >= 4 is 5.69 Å². The van der Waals surface area contributed by atoms with Crippen LogP contribution in [-0.4, -0.2) is 15.2 Å². The van der Waals surface area contributed by atoms with Crippen LogP contribution in [0.15, 0.2) is 40.9 Å². The average molecular weight is 285 g/mol. The predicted octanol–water partition coefficient (Wildman–Crippen LogP) is 3.14. The van der Waals surface area contributed by atoms with E-state index in [0.29, 0.717) is 17.1 Å². The quantitative estimate of drug-likeness (QED) is 0.706. The van der Waals surface area contributed by atoms with Gasteiger partial charge in [0.2, 0.25) is 5.82 Å². The van der Waals surface area contributed by atoms with Crippen LogP contribution >= 0.6 is 0 Å². The molecule has 0 radical (unpaired) electrons. The Labute approximate surface area is 119 Å². The molecule has 0 amide bonds. The smallest absolute Gasteiger partial charge is 0.258 e. The van der Waals surface area contributed by atoms with Gasteiger partial charge < -0.3 is 15.4 Å². The van der Waals surface area contributed by atoms with Crippen molar-refractivity contribution < 1.29 is 14.0 Å². The van der Waals surface area contributed by atoms with E-state index in [9.17, 15) is 9.50 Å². The molecule has 5 nitrogen and oxygen atoms in total. The van der Waals surface area contributed by atoms with Gasteiger partial charge in [-0.1, -0.05) is 5.16 Å². The van der Waals surface area contributed by atoms with Gasteiger partial charge in [-0.25, -0.2) is 4.39 Å². The second-order valence-electron chi connectivity index (χ2n) is 4.66. The third-order valence-electron chi connectivity index (χ3n) is 3.11. The number of benzene rings is 2. The molecular formula is C15H12FN3O2. The zero-order valence-corrected chi connectivity index (χ0v) is 11.2. The van der Waals surface area contributed by atoms with Gasteiger partial charge in [0.1, 0.15) is 0 Å². The molecular weight excluding hydrogens is 273 g/mol. The first kappa shape index (κ1) is 13.1. The summed E-state index contributed by atoms with van der Waals surface area (Å²) in [5.41, 5.74) is 8.45. The Morgan fingerprint density at radius 1 is 1.19 bits per heavy atom. The second kappa shape index (κ2) is 4.90. The Morgan fingerprint density at radius 3 is 2.71 bits per heavy atom. The molecule has 3 aromatic rings. The van der Waals surface area contributed by atoms with Gasteiger partial charge >= 0.3 is 0 Å². The Bertz CT molecular complexity index is 814. The second-order valence-corrected chi connectivity index (χ2v) is 4.66. The normalized spacial score (nSPS) is 10.8. The third-order valence-corrected chi connectivity index (χ3v) is 3.11. The molecule has 3 rings (SSSR count). The molecule has 0 aliphatic carbocycles. The maximum Gasteiger partial charge on any atom is 0.258 e. The fraction of sp³-hybridized carbons (Fsp3) is 0.0667. The first-order valence-corrected chi connectivity index (χ1v) is 6.23. The Balaban J connectivity index is 2.01. The van der Waals surface area contributed by atoms with E-state index >= 15 is 0 Å². The van der Waals surface area contributed by atoms with Crippen molar-refractivity contribution in [3.8, 4) is 28.6 Å². The van der Waals surface area contributed by atoms with Crippen molar-refractivity contribution in [3.63, 3.8) is 0 Å². The molecule has 3 N–H and O–H groups in total. The van der Waals surface area contributed by atoms with E-state index in [1.165, 1.54) is 12.1 Å². The number of nitrogens with two attached hydrogens (primary N) is 1. The summed E-state index contributed by atoms with van der Waals surface area (Å²) in [7, 11) is 0. The summed E-state index contributed by atoms with van der Waals surface area (Å²) in [5, 5.41) is 13.0. The number of phenolic OH excluding ortho intramolecular Hbond substituents is 1. The minimum Gasteiger partial charge on any atom is -0.505 e. The number of aromatic hydroxyl groups is 1. The number of anilines is 1. The average Bonchev–Trinajstić information content (AvgIpc) is 2.91. The Kier molecular flexibility index (Phi) is 3.06. The Morgan fingerprint density at radius 2 is 2.00 bits per heavy atom. The highest BCUT2D eigenvalue weighted by atomic mass is 19.1. The number of phenols is 1.